The van der Waals surface area contributed by atoms with Crippen molar-refractivity contribution in [1.29, 1.82) is 0 Å². The van der Waals surface area contributed by atoms with Gasteiger partial charge in [-0.15, -0.1) is 11.3 Å². The van der Waals surface area contributed by atoms with E-state index in [2.05, 4.69) is 16.3 Å². The van der Waals surface area contributed by atoms with Crippen LogP contribution in [0.5, 0.6) is 0 Å². The van der Waals surface area contributed by atoms with Crippen LogP contribution in [0.3, 0.4) is 0 Å². The van der Waals surface area contributed by atoms with Crippen molar-refractivity contribution in [3.05, 3.63) is 56.5 Å². The zero-order valence-electron chi connectivity index (χ0n) is 13.9. The maximum atomic E-state index is 13.2. The van der Waals surface area contributed by atoms with Gasteiger partial charge in [-0.1, -0.05) is 17.7 Å². The summed E-state index contributed by atoms with van der Waals surface area (Å²) in [4.78, 5) is 18.3. The summed E-state index contributed by atoms with van der Waals surface area (Å²) in [6.45, 7) is 3.75. The monoisotopic (exact) mass is 378 g/mol. The Morgan fingerprint density at radius 1 is 1.32 bits per heavy atom. The number of carbonyl (C=O) groups is 1. The average molecular weight is 379 g/mol. The first-order valence-electron chi connectivity index (χ1n) is 8.61. The molecule has 0 atom stereocenters. The molecule has 3 nitrogen and oxygen atoms in total. The molecule has 4 rings (SSSR count). The Kier molecular flexibility index (Phi) is 4.80. The van der Waals surface area contributed by atoms with Crippen LogP contribution in [0.15, 0.2) is 29.6 Å². The first-order valence-corrected chi connectivity index (χ1v) is 9.87. The number of hydrogen-bond donors (Lipinski definition) is 0. The molecule has 2 aliphatic rings. The second-order valence-corrected chi connectivity index (χ2v) is 8.20. The Morgan fingerprint density at radius 2 is 2.16 bits per heavy atom. The SMILES string of the molecule is O=C(CCc1ccc(F)c(Cl)c1)N1CC(N2CCc3sccc3C2)C1. The highest BCUT2D eigenvalue weighted by atomic mass is 35.5. The number of aryl methyl sites for hydroxylation is 1. The molecule has 132 valence electrons. The molecule has 3 heterocycles. The van der Waals surface area contributed by atoms with E-state index in [9.17, 15) is 9.18 Å². The van der Waals surface area contributed by atoms with Gasteiger partial charge < -0.3 is 4.90 Å². The van der Waals surface area contributed by atoms with Crippen LogP contribution < -0.4 is 0 Å². The van der Waals surface area contributed by atoms with Crippen LogP contribution in [-0.2, 0) is 24.2 Å². The number of hydrogen-bond acceptors (Lipinski definition) is 3. The quantitative estimate of drug-likeness (QED) is 0.809. The number of thiophene rings is 1. The smallest absolute Gasteiger partial charge is 0.223 e. The summed E-state index contributed by atoms with van der Waals surface area (Å²) in [7, 11) is 0. The fourth-order valence-corrected chi connectivity index (χ4v) is 4.67. The summed E-state index contributed by atoms with van der Waals surface area (Å²) >= 11 is 7.64. The average Bonchev–Trinajstić information content (AvgIpc) is 3.02. The number of rotatable bonds is 4. The van der Waals surface area contributed by atoms with Crippen LogP contribution in [0, 0.1) is 5.82 Å². The molecule has 2 aliphatic heterocycles. The van der Waals surface area contributed by atoms with Crippen LogP contribution in [0.2, 0.25) is 5.02 Å². The van der Waals surface area contributed by atoms with Crippen molar-refractivity contribution in [2.24, 2.45) is 0 Å². The minimum atomic E-state index is -0.419. The largest absolute Gasteiger partial charge is 0.339 e. The number of amides is 1. The van der Waals surface area contributed by atoms with Gasteiger partial charge in [0.05, 0.1) is 5.02 Å². The van der Waals surface area contributed by atoms with E-state index in [1.165, 1.54) is 16.5 Å². The highest BCUT2D eigenvalue weighted by molar-refractivity contribution is 7.10. The first-order chi connectivity index (χ1) is 12.1. The third kappa shape index (κ3) is 3.59. The molecule has 1 saturated heterocycles. The Balaban J connectivity index is 1.25. The molecule has 1 aromatic heterocycles. The molecule has 6 heteroatoms. The fraction of sp³-hybridized carbons (Fsp3) is 0.421. The van der Waals surface area contributed by atoms with E-state index in [1.54, 1.807) is 12.1 Å². The number of fused-ring (bicyclic) bond motifs is 1. The van der Waals surface area contributed by atoms with Crippen molar-refractivity contribution in [1.82, 2.24) is 9.80 Å². The van der Waals surface area contributed by atoms with Crippen molar-refractivity contribution in [3.8, 4) is 0 Å². The van der Waals surface area contributed by atoms with Gasteiger partial charge in [-0.25, -0.2) is 4.39 Å². The Labute approximate surface area is 156 Å². The van der Waals surface area contributed by atoms with Crippen molar-refractivity contribution >= 4 is 28.8 Å². The van der Waals surface area contributed by atoms with Crippen molar-refractivity contribution in [2.45, 2.75) is 31.8 Å². The van der Waals surface area contributed by atoms with Gasteiger partial charge in [0, 0.05) is 43.5 Å². The molecule has 0 unspecified atom stereocenters. The molecule has 0 N–H and O–H groups in total. The molecule has 0 bridgehead atoms. The van der Waals surface area contributed by atoms with Crippen LogP contribution >= 0.6 is 22.9 Å². The lowest BCUT2D eigenvalue weighted by molar-refractivity contribution is -0.138. The van der Waals surface area contributed by atoms with Crippen molar-refractivity contribution < 1.29 is 9.18 Å². The van der Waals surface area contributed by atoms with E-state index in [4.69, 9.17) is 11.6 Å². The predicted octanol–water partition coefficient (Wildman–Crippen LogP) is 3.74. The van der Waals surface area contributed by atoms with E-state index < -0.39 is 5.82 Å². The normalized spacial score (nSPS) is 18.1. The Bertz CT molecular complexity index is 787. The van der Waals surface area contributed by atoms with Gasteiger partial charge in [-0.3, -0.25) is 9.69 Å². The van der Waals surface area contributed by atoms with Gasteiger partial charge in [0.2, 0.25) is 5.91 Å². The summed E-state index contributed by atoms with van der Waals surface area (Å²) in [6.07, 6.45) is 2.17. The molecule has 0 aliphatic carbocycles. The summed E-state index contributed by atoms with van der Waals surface area (Å²) in [5.74, 6) is -0.248. The van der Waals surface area contributed by atoms with Gasteiger partial charge in [-0.2, -0.15) is 0 Å². The molecule has 1 aromatic carbocycles. The summed E-state index contributed by atoms with van der Waals surface area (Å²) in [6, 6.07) is 7.37. The van der Waals surface area contributed by atoms with E-state index in [0.717, 1.165) is 38.2 Å². The lowest BCUT2D eigenvalue weighted by Gasteiger charge is -2.46. The maximum Gasteiger partial charge on any atom is 0.223 e. The second-order valence-electron chi connectivity index (χ2n) is 6.79. The molecule has 2 aromatic rings. The maximum absolute atomic E-state index is 13.2. The molecule has 1 fully saturated rings. The van der Waals surface area contributed by atoms with Gasteiger partial charge >= 0.3 is 0 Å². The Hall–Kier alpha value is -1.43. The number of carbonyl (C=O) groups excluding carboxylic acids is 1. The van der Waals surface area contributed by atoms with Gasteiger partial charge in [0.1, 0.15) is 5.82 Å². The lowest BCUT2D eigenvalue weighted by atomic mass is 10.0. The fourth-order valence-electron chi connectivity index (χ4n) is 3.58. The molecule has 25 heavy (non-hydrogen) atoms. The van der Waals surface area contributed by atoms with Crippen LogP contribution in [0.25, 0.3) is 0 Å². The molecular weight excluding hydrogens is 359 g/mol. The summed E-state index contributed by atoms with van der Waals surface area (Å²) in [5.41, 5.74) is 2.35. The topological polar surface area (TPSA) is 23.6 Å². The highest BCUT2D eigenvalue weighted by Crippen LogP contribution is 2.28. The molecule has 0 spiro atoms. The molecule has 1 amide bonds. The molecule has 0 saturated carbocycles. The second kappa shape index (κ2) is 7.06. The van der Waals surface area contributed by atoms with E-state index in [-0.39, 0.29) is 10.9 Å². The molecule has 0 radical (unpaired) electrons. The lowest BCUT2D eigenvalue weighted by Crippen LogP contribution is -2.61. The summed E-state index contributed by atoms with van der Waals surface area (Å²) < 4.78 is 13.2. The number of likely N-dealkylation sites (tertiary alicyclic amines) is 1. The standard InChI is InChI=1S/C19H20ClFN2OS/c20-16-9-13(1-3-17(16)21)2-4-19(24)23-11-15(12-23)22-7-5-18-14(10-22)6-8-25-18/h1,3,6,8-9,15H,2,4-5,7,10-12H2. The zero-order chi connectivity index (χ0) is 17.4. The van der Waals surface area contributed by atoms with Crippen LogP contribution in [-0.4, -0.2) is 41.4 Å². The van der Waals surface area contributed by atoms with Gasteiger partial charge in [-0.05, 0) is 47.5 Å². The number of benzene rings is 1. The highest BCUT2D eigenvalue weighted by Gasteiger charge is 2.35. The minimum Gasteiger partial charge on any atom is -0.339 e. The summed E-state index contributed by atoms with van der Waals surface area (Å²) in [5, 5.41) is 2.29. The van der Waals surface area contributed by atoms with Gasteiger partial charge in [0.25, 0.3) is 0 Å². The Morgan fingerprint density at radius 3 is 2.96 bits per heavy atom. The minimum absolute atomic E-state index is 0.117. The predicted molar refractivity (Wildman–Crippen MR) is 98.5 cm³/mol. The third-order valence-electron chi connectivity index (χ3n) is 5.18. The van der Waals surface area contributed by atoms with Crippen molar-refractivity contribution in [3.63, 3.8) is 0 Å². The van der Waals surface area contributed by atoms with E-state index in [0.29, 0.717) is 18.9 Å². The first kappa shape index (κ1) is 17.0. The zero-order valence-corrected chi connectivity index (χ0v) is 15.5. The third-order valence-corrected chi connectivity index (χ3v) is 6.49. The van der Waals surface area contributed by atoms with E-state index in [1.807, 2.05) is 16.2 Å². The van der Waals surface area contributed by atoms with Gasteiger partial charge in [0.15, 0.2) is 0 Å². The van der Waals surface area contributed by atoms with Crippen LogP contribution in [0.1, 0.15) is 22.4 Å². The van der Waals surface area contributed by atoms with E-state index >= 15 is 0 Å². The molecular formula is C19H20ClFN2OS. The number of halogens is 2. The van der Waals surface area contributed by atoms with Crippen molar-refractivity contribution in [2.75, 3.05) is 19.6 Å². The van der Waals surface area contributed by atoms with Crippen LogP contribution in [0.4, 0.5) is 4.39 Å². The number of nitrogens with zero attached hydrogens (tertiary/aromatic N) is 2.